The minimum Gasteiger partial charge on any atom is -0.354 e. The van der Waals surface area contributed by atoms with E-state index in [1.54, 1.807) is 0 Å². The lowest BCUT2D eigenvalue weighted by molar-refractivity contribution is 0.682. The Balaban J connectivity index is 2.96. The molecule has 0 bridgehead atoms. The van der Waals surface area contributed by atoms with Gasteiger partial charge in [-0.05, 0) is 33.6 Å². The van der Waals surface area contributed by atoms with Gasteiger partial charge in [-0.25, -0.2) is 0 Å². The highest BCUT2D eigenvalue weighted by Gasteiger charge is 2.12. The molecule has 0 saturated heterocycles. The smallest absolute Gasteiger partial charge is 0.231 e. The molecule has 1 aromatic heterocycles. The Hall–Kier alpha value is -1.59. The summed E-state index contributed by atoms with van der Waals surface area (Å²) in [7, 11) is 0. The molecular weight excluding hydrogens is 264 g/mol. The highest BCUT2D eigenvalue weighted by atomic mass is 15.3. The van der Waals surface area contributed by atoms with Gasteiger partial charge in [-0.1, -0.05) is 20.3 Å². The van der Waals surface area contributed by atoms with Crippen molar-refractivity contribution in [3.8, 4) is 0 Å². The molecule has 21 heavy (non-hydrogen) atoms. The maximum absolute atomic E-state index is 4.56. The lowest BCUT2D eigenvalue weighted by atomic mass is 10.2. The van der Waals surface area contributed by atoms with E-state index in [1.807, 2.05) is 0 Å². The van der Waals surface area contributed by atoms with Crippen LogP contribution in [0.25, 0.3) is 0 Å². The van der Waals surface area contributed by atoms with E-state index in [-0.39, 0.29) is 0 Å². The van der Waals surface area contributed by atoms with Crippen molar-refractivity contribution in [1.82, 2.24) is 15.0 Å². The molecule has 0 spiro atoms. The monoisotopic (exact) mass is 294 g/mol. The van der Waals surface area contributed by atoms with Gasteiger partial charge in [-0.3, -0.25) is 0 Å². The first-order valence-corrected chi connectivity index (χ1v) is 8.15. The van der Waals surface area contributed by atoms with Gasteiger partial charge >= 0.3 is 0 Å². The zero-order valence-corrected chi connectivity index (χ0v) is 14.1. The molecule has 0 aromatic carbocycles. The van der Waals surface area contributed by atoms with Crippen LogP contribution in [0, 0.1) is 0 Å². The number of hydrogen-bond donors (Lipinski definition) is 2. The molecule has 6 nitrogen and oxygen atoms in total. The summed E-state index contributed by atoms with van der Waals surface area (Å²) in [6.45, 7) is 13.3. The molecule has 1 atom stereocenters. The number of anilines is 3. The summed E-state index contributed by atoms with van der Waals surface area (Å²) in [6.07, 6.45) is 3.29. The maximum Gasteiger partial charge on any atom is 0.231 e. The molecule has 0 radical (unpaired) electrons. The van der Waals surface area contributed by atoms with Gasteiger partial charge in [0.05, 0.1) is 0 Å². The van der Waals surface area contributed by atoms with E-state index < -0.39 is 0 Å². The van der Waals surface area contributed by atoms with Crippen molar-refractivity contribution in [2.24, 2.45) is 0 Å². The van der Waals surface area contributed by atoms with Crippen LogP contribution in [0.4, 0.5) is 17.8 Å². The molecule has 0 amide bonds. The van der Waals surface area contributed by atoms with Crippen LogP contribution in [0.3, 0.4) is 0 Å². The van der Waals surface area contributed by atoms with Crippen LogP contribution < -0.4 is 15.5 Å². The Kier molecular flexibility index (Phi) is 7.79. The normalized spacial score (nSPS) is 12.0. The fourth-order valence-corrected chi connectivity index (χ4v) is 2.12. The molecule has 120 valence electrons. The predicted molar refractivity (Wildman–Crippen MR) is 90.2 cm³/mol. The van der Waals surface area contributed by atoms with E-state index in [1.165, 1.54) is 0 Å². The third-order valence-corrected chi connectivity index (χ3v) is 3.30. The van der Waals surface area contributed by atoms with E-state index in [0.717, 1.165) is 44.8 Å². The Morgan fingerprint density at radius 2 is 1.62 bits per heavy atom. The summed E-state index contributed by atoms with van der Waals surface area (Å²) in [5.74, 6) is 2.05. The van der Waals surface area contributed by atoms with Crippen molar-refractivity contribution in [3.05, 3.63) is 0 Å². The average Bonchev–Trinajstić information content (AvgIpc) is 2.46. The molecule has 1 unspecified atom stereocenters. The van der Waals surface area contributed by atoms with Gasteiger partial charge in [0.1, 0.15) is 0 Å². The fraction of sp³-hybridized carbons (Fsp3) is 0.800. The first-order chi connectivity index (χ1) is 10.1. The topological polar surface area (TPSA) is 66.0 Å². The van der Waals surface area contributed by atoms with Crippen LogP contribution in [0.1, 0.15) is 53.9 Å². The van der Waals surface area contributed by atoms with Crippen LogP contribution >= 0.6 is 0 Å². The van der Waals surface area contributed by atoms with Crippen molar-refractivity contribution < 1.29 is 0 Å². The summed E-state index contributed by atoms with van der Waals surface area (Å²) >= 11 is 0. The summed E-state index contributed by atoms with van der Waals surface area (Å²) < 4.78 is 0. The van der Waals surface area contributed by atoms with Crippen molar-refractivity contribution in [3.63, 3.8) is 0 Å². The molecular formula is C15H30N6. The van der Waals surface area contributed by atoms with Gasteiger partial charge in [0.15, 0.2) is 0 Å². The first kappa shape index (κ1) is 17.5. The average molecular weight is 294 g/mol. The molecule has 0 saturated carbocycles. The summed E-state index contributed by atoms with van der Waals surface area (Å²) in [5, 5.41) is 6.63. The Bertz CT molecular complexity index is 405. The summed E-state index contributed by atoms with van der Waals surface area (Å²) in [5.41, 5.74) is 0. The van der Waals surface area contributed by atoms with Crippen LogP contribution in [0.5, 0.6) is 0 Å². The standard InChI is InChI=1S/C15H30N6/c1-6-10-12(5)17-14-18-13(16-11-7-2)19-15(20-14)21(8-3)9-4/h12H,6-11H2,1-5H3,(H2,16,17,18,19,20). The number of aromatic nitrogens is 3. The molecule has 6 heteroatoms. The molecule has 0 aliphatic rings. The van der Waals surface area contributed by atoms with Crippen molar-refractivity contribution in [1.29, 1.82) is 0 Å². The van der Waals surface area contributed by atoms with Crippen LogP contribution in [-0.4, -0.2) is 40.6 Å². The number of rotatable bonds is 10. The minimum absolute atomic E-state index is 0.362. The highest BCUT2D eigenvalue weighted by Crippen LogP contribution is 2.15. The minimum atomic E-state index is 0.362. The summed E-state index contributed by atoms with van der Waals surface area (Å²) in [4.78, 5) is 15.7. The second-order valence-corrected chi connectivity index (χ2v) is 5.22. The number of nitrogens with one attached hydrogen (secondary N) is 2. The van der Waals surface area contributed by atoms with Crippen LogP contribution in [-0.2, 0) is 0 Å². The maximum atomic E-state index is 4.56. The molecule has 0 fully saturated rings. The fourth-order valence-electron chi connectivity index (χ4n) is 2.12. The first-order valence-electron chi connectivity index (χ1n) is 8.15. The van der Waals surface area contributed by atoms with E-state index in [0.29, 0.717) is 17.9 Å². The molecule has 0 aliphatic heterocycles. The molecule has 0 aliphatic carbocycles. The van der Waals surface area contributed by atoms with Crippen LogP contribution in [0.15, 0.2) is 0 Å². The van der Waals surface area contributed by atoms with Crippen LogP contribution in [0.2, 0.25) is 0 Å². The Morgan fingerprint density at radius 3 is 2.19 bits per heavy atom. The highest BCUT2D eigenvalue weighted by molar-refractivity contribution is 5.44. The zero-order valence-electron chi connectivity index (χ0n) is 14.1. The van der Waals surface area contributed by atoms with Crippen molar-refractivity contribution in [2.45, 2.75) is 59.9 Å². The van der Waals surface area contributed by atoms with E-state index >= 15 is 0 Å². The molecule has 2 N–H and O–H groups in total. The lowest BCUT2D eigenvalue weighted by Crippen LogP contribution is -2.26. The van der Waals surface area contributed by atoms with Gasteiger partial charge in [-0.2, -0.15) is 15.0 Å². The Morgan fingerprint density at radius 1 is 0.952 bits per heavy atom. The van der Waals surface area contributed by atoms with Crippen molar-refractivity contribution >= 4 is 17.8 Å². The largest absolute Gasteiger partial charge is 0.354 e. The lowest BCUT2D eigenvalue weighted by Gasteiger charge is -2.21. The summed E-state index contributed by atoms with van der Waals surface area (Å²) in [6, 6.07) is 0.362. The van der Waals surface area contributed by atoms with E-state index in [4.69, 9.17) is 0 Å². The Labute approximate surface area is 128 Å². The number of hydrogen-bond acceptors (Lipinski definition) is 6. The predicted octanol–water partition coefficient (Wildman–Crippen LogP) is 3.14. The van der Waals surface area contributed by atoms with Crippen molar-refractivity contribution in [2.75, 3.05) is 35.2 Å². The third kappa shape index (κ3) is 5.73. The van der Waals surface area contributed by atoms with Gasteiger partial charge in [0.2, 0.25) is 17.8 Å². The zero-order chi connectivity index (χ0) is 15.7. The van der Waals surface area contributed by atoms with E-state index in [9.17, 15) is 0 Å². The SMILES string of the molecule is CCCNc1nc(NC(C)CCC)nc(N(CC)CC)n1. The third-order valence-electron chi connectivity index (χ3n) is 3.30. The second kappa shape index (κ2) is 9.37. The van der Waals surface area contributed by atoms with E-state index in [2.05, 4.69) is 65.1 Å². The van der Waals surface area contributed by atoms with Gasteiger partial charge in [0, 0.05) is 25.7 Å². The van der Waals surface area contributed by atoms with Gasteiger partial charge in [-0.15, -0.1) is 0 Å². The quantitative estimate of drug-likeness (QED) is 0.691. The second-order valence-electron chi connectivity index (χ2n) is 5.22. The molecule has 1 rings (SSSR count). The van der Waals surface area contributed by atoms with Gasteiger partial charge < -0.3 is 15.5 Å². The molecule has 1 aromatic rings. The number of nitrogens with zero attached hydrogens (tertiary/aromatic N) is 4. The van der Waals surface area contributed by atoms with Gasteiger partial charge in [0.25, 0.3) is 0 Å². The molecule has 1 heterocycles.